The summed E-state index contributed by atoms with van der Waals surface area (Å²) in [6.07, 6.45) is 0. The molecule has 5 heteroatoms. The van der Waals surface area contributed by atoms with Crippen LogP contribution in [0.25, 0.3) is 11.1 Å². The molecule has 3 rings (SSSR count). The first-order valence-corrected chi connectivity index (χ1v) is 8.17. The lowest BCUT2D eigenvalue weighted by atomic mass is 9.73. The molecule has 1 saturated heterocycles. The molecule has 1 N–H and O–H groups in total. The van der Waals surface area contributed by atoms with Crippen LogP contribution >= 0.6 is 0 Å². The summed E-state index contributed by atoms with van der Waals surface area (Å²) in [5.74, 6) is -0.506. The smallest absolute Gasteiger partial charge is 0.249 e. The molecule has 2 aromatic rings. The highest BCUT2D eigenvalue weighted by Gasteiger charge is 2.52. The van der Waals surface area contributed by atoms with E-state index >= 15 is 0 Å². The number of nitriles is 1. The fourth-order valence-electron chi connectivity index (χ4n) is 3.59. The van der Waals surface area contributed by atoms with E-state index in [1.54, 1.807) is 0 Å². The zero-order chi connectivity index (χ0) is 17.8. The summed E-state index contributed by atoms with van der Waals surface area (Å²) >= 11 is 0. The predicted molar refractivity (Wildman–Crippen MR) is 93.6 cm³/mol. The normalized spacial score (nSPS) is 22.1. The van der Waals surface area contributed by atoms with Crippen molar-refractivity contribution in [1.29, 1.82) is 5.26 Å². The van der Waals surface area contributed by atoms with Crippen molar-refractivity contribution in [2.45, 2.75) is 18.0 Å². The molecule has 0 unspecified atom stereocenters. The maximum Gasteiger partial charge on any atom is 0.249 e. The quantitative estimate of drug-likeness (QED) is 0.908. The van der Waals surface area contributed by atoms with Crippen LogP contribution in [0.3, 0.4) is 0 Å². The first-order valence-electron chi connectivity index (χ1n) is 8.17. The van der Waals surface area contributed by atoms with Crippen LogP contribution in [0.5, 0.6) is 0 Å². The van der Waals surface area contributed by atoms with Gasteiger partial charge in [-0.15, -0.1) is 0 Å². The summed E-state index contributed by atoms with van der Waals surface area (Å²) in [4.78, 5) is 13.7. The second kappa shape index (κ2) is 7.47. The Kier molecular flexibility index (Phi) is 5.13. The molecule has 2 aromatic carbocycles. The van der Waals surface area contributed by atoms with Gasteiger partial charge in [0.15, 0.2) is 0 Å². The Morgan fingerprint density at radius 2 is 1.88 bits per heavy atom. The lowest BCUT2D eigenvalue weighted by Gasteiger charge is -2.52. The van der Waals surface area contributed by atoms with Gasteiger partial charge in [0.05, 0.1) is 18.7 Å². The number of hydrogen-bond acceptors (Lipinski definition) is 4. The van der Waals surface area contributed by atoms with Gasteiger partial charge >= 0.3 is 0 Å². The maximum atomic E-state index is 12.2. The summed E-state index contributed by atoms with van der Waals surface area (Å²) < 4.78 is 4.90. The van der Waals surface area contributed by atoms with Crippen molar-refractivity contribution in [3.05, 3.63) is 60.2 Å². The molecule has 3 atom stereocenters. The summed E-state index contributed by atoms with van der Waals surface area (Å²) in [6.45, 7) is -0.289. The topological polar surface area (TPSA) is 73.6 Å². The third kappa shape index (κ3) is 3.02. The molecule has 0 bridgehead atoms. The first kappa shape index (κ1) is 17.2. The van der Waals surface area contributed by atoms with Crippen molar-refractivity contribution < 1.29 is 14.6 Å². The largest absolute Gasteiger partial charge is 0.394 e. The van der Waals surface area contributed by atoms with Gasteiger partial charge in [-0.05, 0) is 16.7 Å². The average molecular weight is 336 g/mol. The van der Waals surface area contributed by atoms with Crippen LogP contribution in [-0.4, -0.2) is 48.3 Å². The highest BCUT2D eigenvalue weighted by molar-refractivity contribution is 5.81. The number of methoxy groups -OCH3 is 1. The molecule has 1 aliphatic rings. The highest BCUT2D eigenvalue weighted by Crippen LogP contribution is 2.43. The van der Waals surface area contributed by atoms with E-state index in [1.807, 2.05) is 54.6 Å². The molecular formula is C20H20N2O3. The molecule has 0 aliphatic carbocycles. The number of carbonyl (C=O) groups excluding carboxylic acids is 1. The highest BCUT2D eigenvalue weighted by atomic mass is 16.5. The second-order valence-corrected chi connectivity index (χ2v) is 6.04. The minimum atomic E-state index is -0.607. The van der Waals surface area contributed by atoms with Crippen molar-refractivity contribution in [3.63, 3.8) is 0 Å². The third-order valence-corrected chi connectivity index (χ3v) is 4.69. The predicted octanol–water partition coefficient (Wildman–Crippen LogP) is 2.18. The maximum absolute atomic E-state index is 12.2. The summed E-state index contributed by atoms with van der Waals surface area (Å²) in [7, 11) is 1.44. The van der Waals surface area contributed by atoms with Gasteiger partial charge in [-0.25, -0.2) is 0 Å². The fraction of sp³-hybridized carbons (Fsp3) is 0.300. The van der Waals surface area contributed by atoms with Crippen molar-refractivity contribution in [2.24, 2.45) is 0 Å². The van der Waals surface area contributed by atoms with Crippen LogP contribution in [0.2, 0.25) is 0 Å². The summed E-state index contributed by atoms with van der Waals surface area (Å²) in [6, 6.07) is 19.0. The van der Waals surface area contributed by atoms with Gasteiger partial charge in [0.25, 0.3) is 0 Å². The van der Waals surface area contributed by atoms with Crippen LogP contribution in [0.1, 0.15) is 11.5 Å². The molecule has 0 spiro atoms. The monoisotopic (exact) mass is 336 g/mol. The van der Waals surface area contributed by atoms with Crippen LogP contribution in [0.15, 0.2) is 54.6 Å². The summed E-state index contributed by atoms with van der Waals surface area (Å²) in [5, 5.41) is 19.4. The molecule has 128 valence electrons. The Hall–Kier alpha value is -2.68. The number of benzene rings is 2. The molecule has 1 fully saturated rings. The van der Waals surface area contributed by atoms with Crippen LogP contribution in [0, 0.1) is 11.3 Å². The first-order chi connectivity index (χ1) is 12.2. The van der Waals surface area contributed by atoms with Gasteiger partial charge in [-0.3, -0.25) is 4.79 Å². The van der Waals surface area contributed by atoms with Crippen molar-refractivity contribution in [1.82, 2.24) is 4.90 Å². The van der Waals surface area contributed by atoms with Gasteiger partial charge in [0.1, 0.15) is 12.6 Å². The van der Waals surface area contributed by atoms with E-state index in [-0.39, 0.29) is 25.0 Å². The number of carbonyl (C=O) groups is 1. The lowest BCUT2D eigenvalue weighted by Crippen LogP contribution is -2.66. The van der Waals surface area contributed by atoms with Crippen molar-refractivity contribution in [3.8, 4) is 17.2 Å². The Bertz CT molecular complexity index is 785. The molecule has 5 nitrogen and oxygen atoms in total. The van der Waals surface area contributed by atoms with Crippen LogP contribution in [0.4, 0.5) is 0 Å². The third-order valence-electron chi connectivity index (χ3n) is 4.69. The van der Waals surface area contributed by atoms with Crippen LogP contribution in [-0.2, 0) is 9.53 Å². The Morgan fingerprint density at radius 3 is 2.52 bits per heavy atom. The van der Waals surface area contributed by atoms with Crippen molar-refractivity contribution >= 4 is 5.91 Å². The van der Waals surface area contributed by atoms with Gasteiger partial charge in [0, 0.05) is 13.0 Å². The Balaban J connectivity index is 2.00. The number of amides is 1. The van der Waals surface area contributed by atoms with Gasteiger partial charge < -0.3 is 14.7 Å². The second-order valence-electron chi connectivity index (χ2n) is 6.04. The zero-order valence-corrected chi connectivity index (χ0v) is 14.0. The number of ether oxygens (including phenoxy) is 1. The number of aliphatic hydroxyl groups is 1. The van der Waals surface area contributed by atoms with Crippen LogP contribution < -0.4 is 0 Å². The standard InChI is InChI=1S/C20H20N2O3/c1-25-13-19(24)22-17(11-21)20(18(22)12-23)16-10-6-5-9-15(16)14-7-3-2-4-8-14/h2-10,17-18,20,23H,12-13H2,1H3/t17-,18-,20-/m1/s1. The molecule has 1 amide bonds. The molecule has 1 heterocycles. The van der Waals surface area contributed by atoms with E-state index in [2.05, 4.69) is 6.07 Å². The number of rotatable bonds is 5. The van der Waals surface area contributed by atoms with E-state index in [4.69, 9.17) is 4.74 Å². The number of aliphatic hydroxyl groups excluding tert-OH is 1. The van der Waals surface area contributed by atoms with E-state index in [1.165, 1.54) is 12.0 Å². The molecule has 0 radical (unpaired) electrons. The average Bonchev–Trinajstić information content (AvgIpc) is 2.63. The SMILES string of the molecule is COCC(=O)N1[C@H](C#N)[C@@H](c2ccccc2-c2ccccc2)[C@H]1CO. The van der Waals surface area contributed by atoms with E-state index in [9.17, 15) is 15.2 Å². The zero-order valence-electron chi connectivity index (χ0n) is 14.0. The molecule has 25 heavy (non-hydrogen) atoms. The minimum Gasteiger partial charge on any atom is -0.394 e. The molecule has 1 aliphatic heterocycles. The Morgan fingerprint density at radius 1 is 1.20 bits per heavy atom. The van der Waals surface area contributed by atoms with Gasteiger partial charge in [-0.2, -0.15) is 5.26 Å². The van der Waals surface area contributed by atoms with E-state index in [0.717, 1.165) is 16.7 Å². The molecule has 0 saturated carbocycles. The Labute approximate surface area is 147 Å². The molecule has 0 aromatic heterocycles. The number of nitrogens with zero attached hydrogens (tertiary/aromatic N) is 2. The minimum absolute atomic E-state index is 0.0955. The van der Waals surface area contributed by atoms with Gasteiger partial charge in [-0.1, -0.05) is 54.6 Å². The summed E-state index contributed by atoms with van der Waals surface area (Å²) in [5.41, 5.74) is 3.04. The lowest BCUT2D eigenvalue weighted by molar-refractivity contribution is -0.150. The number of hydrogen-bond donors (Lipinski definition) is 1. The number of likely N-dealkylation sites (tertiary alicyclic amines) is 1. The fourth-order valence-corrected chi connectivity index (χ4v) is 3.59. The van der Waals surface area contributed by atoms with E-state index in [0.29, 0.717) is 0 Å². The molecular weight excluding hydrogens is 316 g/mol. The van der Waals surface area contributed by atoms with Crippen molar-refractivity contribution in [2.75, 3.05) is 20.3 Å². The van der Waals surface area contributed by atoms with Gasteiger partial charge in [0.2, 0.25) is 5.91 Å². The van der Waals surface area contributed by atoms with E-state index < -0.39 is 12.1 Å².